The maximum atomic E-state index is 13.0. The van der Waals surface area contributed by atoms with Crippen molar-refractivity contribution in [2.24, 2.45) is 0 Å². The van der Waals surface area contributed by atoms with Gasteiger partial charge < -0.3 is 10.1 Å². The lowest BCUT2D eigenvalue weighted by atomic mass is 10.3. The molecule has 0 spiro atoms. The van der Waals surface area contributed by atoms with Crippen LogP contribution in [0.4, 0.5) is 10.1 Å². The second kappa shape index (κ2) is 9.35. The van der Waals surface area contributed by atoms with E-state index in [0.29, 0.717) is 24.5 Å². The molecule has 4 rings (SSSR count). The number of pyridine rings is 1. The van der Waals surface area contributed by atoms with E-state index in [0.717, 1.165) is 22.8 Å². The highest BCUT2D eigenvalue weighted by atomic mass is 32.2. The molecule has 1 N–H and O–H groups in total. The number of halogens is 1. The first-order valence-electron chi connectivity index (χ1n) is 9.30. The van der Waals surface area contributed by atoms with Crippen LogP contribution >= 0.6 is 23.1 Å². The zero-order valence-electron chi connectivity index (χ0n) is 16.2. The molecule has 3 aromatic rings. The summed E-state index contributed by atoms with van der Waals surface area (Å²) in [6.07, 6.45) is 1.40. The Balaban J connectivity index is 1.45. The Bertz CT molecular complexity index is 1160. The van der Waals surface area contributed by atoms with Gasteiger partial charge in [-0.3, -0.25) is 4.79 Å². The van der Waals surface area contributed by atoms with Gasteiger partial charge in [-0.25, -0.2) is 17.8 Å². The van der Waals surface area contributed by atoms with Crippen LogP contribution in [-0.2, 0) is 10.0 Å². The van der Waals surface area contributed by atoms with Crippen LogP contribution in [0.3, 0.4) is 0 Å². The molecular weight excluding hydrogens is 461 g/mol. The van der Waals surface area contributed by atoms with Crippen molar-refractivity contribution in [1.82, 2.24) is 9.29 Å². The number of rotatable bonds is 6. The third-order valence-electron chi connectivity index (χ3n) is 4.45. The third-order valence-corrected chi connectivity index (χ3v) is 8.38. The number of sulfonamides is 1. The lowest BCUT2D eigenvalue weighted by molar-refractivity contribution is 0.102. The van der Waals surface area contributed by atoms with Crippen molar-refractivity contribution >= 4 is 44.7 Å². The molecule has 162 valence electrons. The minimum Gasteiger partial charge on any atom is -0.439 e. The average Bonchev–Trinajstić information content (AvgIpc) is 3.28. The van der Waals surface area contributed by atoms with Crippen molar-refractivity contribution < 1.29 is 22.3 Å². The predicted molar refractivity (Wildman–Crippen MR) is 119 cm³/mol. The number of aromatic nitrogens is 1. The smallest absolute Gasteiger partial charge is 0.267 e. The van der Waals surface area contributed by atoms with Crippen molar-refractivity contribution in [2.45, 2.75) is 4.90 Å². The minimum absolute atomic E-state index is 0.0196. The molecule has 3 heterocycles. The van der Waals surface area contributed by atoms with E-state index in [4.69, 9.17) is 4.74 Å². The Kier molecular flexibility index (Phi) is 6.56. The first kappa shape index (κ1) is 21.8. The van der Waals surface area contributed by atoms with Gasteiger partial charge in [-0.15, -0.1) is 11.3 Å². The molecule has 1 aliphatic heterocycles. The van der Waals surface area contributed by atoms with E-state index < -0.39 is 15.9 Å². The third kappa shape index (κ3) is 5.06. The quantitative estimate of drug-likeness (QED) is 0.574. The number of benzene rings is 1. The molecule has 1 amide bonds. The number of thiophene rings is 1. The van der Waals surface area contributed by atoms with Gasteiger partial charge in [0.1, 0.15) is 21.3 Å². The van der Waals surface area contributed by atoms with E-state index in [9.17, 15) is 17.6 Å². The van der Waals surface area contributed by atoms with Crippen molar-refractivity contribution in [3.05, 3.63) is 64.7 Å². The highest BCUT2D eigenvalue weighted by molar-refractivity contribution is 7.99. The first-order valence-corrected chi connectivity index (χ1v) is 12.8. The number of amides is 1. The molecule has 1 saturated heterocycles. The highest BCUT2D eigenvalue weighted by Gasteiger charge is 2.31. The number of carbonyl (C=O) groups excluding carboxylic acids is 1. The van der Waals surface area contributed by atoms with Gasteiger partial charge in [0, 0.05) is 30.7 Å². The van der Waals surface area contributed by atoms with Gasteiger partial charge >= 0.3 is 0 Å². The SMILES string of the molecule is O=C(Nc1ccc(Oc2ccc(F)cc2)nc1)c1sccc1S(=O)(=O)N1CCSCC1. The second-order valence-corrected chi connectivity index (χ2v) is 10.6. The fraction of sp³-hybridized carbons (Fsp3) is 0.200. The Morgan fingerprint density at radius 2 is 1.84 bits per heavy atom. The molecule has 0 atom stereocenters. The van der Waals surface area contributed by atoms with Gasteiger partial charge in [0.2, 0.25) is 15.9 Å². The van der Waals surface area contributed by atoms with Crippen LogP contribution in [0.15, 0.2) is 58.9 Å². The Labute approximate surface area is 187 Å². The summed E-state index contributed by atoms with van der Waals surface area (Å²) in [7, 11) is -3.72. The summed E-state index contributed by atoms with van der Waals surface area (Å²) in [5.41, 5.74) is 0.391. The molecule has 0 saturated carbocycles. The molecule has 1 aromatic carbocycles. The number of anilines is 1. The van der Waals surface area contributed by atoms with Gasteiger partial charge in [0.05, 0.1) is 11.9 Å². The molecule has 2 aromatic heterocycles. The number of thioether (sulfide) groups is 1. The lowest BCUT2D eigenvalue weighted by Gasteiger charge is -2.25. The zero-order chi connectivity index (χ0) is 21.8. The first-order chi connectivity index (χ1) is 14.9. The molecule has 0 unspecified atom stereocenters. The van der Waals surface area contributed by atoms with Crippen LogP contribution in [0.1, 0.15) is 9.67 Å². The van der Waals surface area contributed by atoms with Crippen molar-refractivity contribution in [1.29, 1.82) is 0 Å². The fourth-order valence-corrected chi connectivity index (χ4v) is 6.79. The summed E-state index contributed by atoms with van der Waals surface area (Å²) in [5.74, 6) is 1.29. The number of nitrogens with one attached hydrogen (secondary N) is 1. The van der Waals surface area contributed by atoms with E-state index in [1.807, 2.05) is 0 Å². The van der Waals surface area contributed by atoms with Gasteiger partial charge in [-0.05, 0) is 41.8 Å². The van der Waals surface area contributed by atoms with E-state index in [2.05, 4.69) is 10.3 Å². The number of carbonyl (C=O) groups is 1. The average molecular weight is 480 g/mol. The molecule has 1 aliphatic rings. The molecule has 1 fully saturated rings. The fourth-order valence-electron chi connectivity index (χ4n) is 2.92. The number of hydrogen-bond acceptors (Lipinski definition) is 7. The minimum atomic E-state index is -3.72. The Hall–Kier alpha value is -2.47. The van der Waals surface area contributed by atoms with Gasteiger partial charge in [0.25, 0.3) is 5.91 Å². The Morgan fingerprint density at radius 1 is 1.10 bits per heavy atom. The second-order valence-electron chi connectivity index (χ2n) is 6.53. The predicted octanol–water partition coefficient (Wildman–Crippen LogP) is 4.06. The van der Waals surface area contributed by atoms with E-state index in [-0.39, 0.29) is 21.5 Å². The molecule has 0 aliphatic carbocycles. The zero-order valence-corrected chi connectivity index (χ0v) is 18.6. The van der Waals surface area contributed by atoms with Crippen LogP contribution < -0.4 is 10.1 Å². The van der Waals surface area contributed by atoms with Gasteiger partial charge in [0.15, 0.2) is 0 Å². The number of hydrogen-bond donors (Lipinski definition) is 1. The van der Waals surface area contributed by atoms with Crippen molar-refractivity contribution in [2.75, 3.05) is 29.9 Å². The molecule has 7 nitrogen and oxygen atoms in total. The largest absolute Gasteiger partial charge is 0.439 e. The summed E-state index contributed by atoms with van der Waals surface area (Å²) in [4.78, 5) is 17.0. The van der Waals surface area contributed by atoms with Crippen molar-refractivity contribution in [3.63, 3.8) is 0 Å². The Morgan fingerprint density at radius 3 is 2.52 bits per heavy atom. The summed E-state index contributed by atoms with van der Waals surface area (Å²) < 4.78 is 45.8. The summed E-state index contributed by atoms with van der Waals surface area (Å²) >= 11 is 2.78. The monoisotopic (exact) mass is 479 g/mol. The van der Waals surface area contributed by atoms with E-state index >= 15 is 0 Å². The van der Waals surface area contributed by atoms with Gasteiger partial charge in [-0.1, -0.05) is 0 Å². The topological polar surface area (TPSA) is 88.6 Å². The summed E-state index contributed by atoms with van der Waals surface area (Å²) in [5, 5.41) is 4.27. The van der Waals surface area contributed by atoms with E-state index in [1.165, 1.54) is 40.8 Å². The molecule has 11 heteroatoms. The number of ether oxygens (including phenoxy) is 1. The molecular formula is C20H18FN3O4S3. The standard InChI is InChI=1S/C20H18FN3O4S3/c21-14-1-4-16(5-2-14)28-18-6-3-15(13-22-18)23-20(25)19-17(7-10-30-19)31(26,27)24-8-11-29-12-9-24/h1-7,10,13H,8-9,11-12H2,(H,23,25). The maximum absolute atomic E-state index is 13.0. The van der Waals surface area contributed by atoms with Crippen LogP contribution in [-0.4, -0.2) is 48.2 Å². The van der Waals surface area contributed by atoms with E-state index in [1.54, 1.807) is 29.3 Å². The molecule has 0 radical (unpaired) electrons. The van der Waals surface area contributed by atoms with Crippen molar-refractivity contribution in [3.8, 4) is 11.6 Å². The summed E-state index contributed by atoms with van der Waals surface area (Å²) in [6, 6.07) is 10.1. The lowest BCUT2D eigenvalue weighted by Crippen LogP contribution is -2.38. The van der Waals surface area contributed by atoms with Crippen LogP contribution in [0.25, 0.3) is 0 Å². The van der Waals surface area contributed by atoms with Crippen LogP contribution in [0.5, 0.6) is 11.6 Å². The molecule has 0 bridgehead atoms. The van der Waals surface area contributed by atoms with Crippen LogP contribution in [0.2, 0.25) is 0 Å². The highest BCUT2D eigenvalue weighted by Crippen LogP contribution is 2.28. The molecule has 31 heavy (non-hydrogen) atoms. The maximum Gasteiger partial charge on any atom is 0.267 e. The van der Waals surface area contributed by atoms with Gasteiger partial charge in [-0.2, -0.15) is 16.1 Å². The summed E-state index contributed by atoms with van der Waals surface area (Å²) in [6.45, 7) is 0.868. The van der Waals surface area contributed by atoms with Crippen LogP contribution in [0, 0.1) is 5.82 Å². The number of nitrogens with zero attached hydrogens (tertiary/aromatic N) is 2. The normalized spacial score (nSPS) is 14.9.